The molecule has 0 bridgehead atoms. The molecule has 0 aliphatic heterocycles. The smallest absolute Gasteiger partial charge is 0.0240 e. The van der Waals surface area contributed by atoms with Crippen LogP contribution in [0.2, 0.25) is 0 Å². The van der Waals surface area contributed by atoms with E-state index in [9.17, 15) is 0 Å². The molecule has 4 rings (SSSR count). The second-order valence-corrected chi connectivity index (χ2v) is 8.38. The van der Waals surface area contributed by atoms with Crippen LogP contribution in [0, 0.1) is 0 Å². The van der Waals surface area contributed by atoms with E-state index < -0.39 is 0 Å². The molecule has 0 unspecified atom stereocenters. The van der Waals surface area contributed by atoms with Crippen molar-refractivity contribution in [1.82, 2.24) is 10.2 Å². The van der Waals surface area contributed by atoms with Gasteiger partial charge in [0.05, 0.1) is 0 Å². The number of rotatable bonds is 10. The van der Waals surface area contributed by atoms with Crippen molar-refractivity contribution in [3.63, 3.8) is 0 Å². The summed E-state index contributed by atoms with van der Waals surface area (Å²) in [6, 6.07) is 41.4. The predicted octanol–water partition coefficient (Wildman–Crippen LogP) is 6.24. The van der Waals surface area contributed by atoms with Crippen molar-refractivity contribution in [3.8, 4) is 0 Å². The van der Waals surface area contributed by atoms with E-state index in [-0.39, 0.29) is 0 Å². The molecule has 32 heavy (non-hydrogen) atoms. The summed E-state index contributed by atoms with van der Waals surface area (Å²) in [7, 11) is 2.02. The van der Waals surface area contributed by atoms with Gasteiger partial charge in [-0.05, 0) is 34.9 Å². The summed E-state index contributed by atoms with van der Waals surface area (Å²) in [5.74, 6) is 0.361. The van der Waals surface area contributed by atoms with E-state index in [1.165, 1.54) is 27.8 Å². The summed E-state index contributed by atoms with van der Waals surface area (Å²) in [5.41, 5.74) is 6.74. The fourth-order valence-electron chi connectivity index (χ4n) is 4.28. The Bertz CT molecular complexity index is 1000. The van der Waals surface area contributed by atoms with E-state index in [4.69, 9.17) is 0 Å². The molecule has 162 valence electrons. The molecule has 2 nitrogen and oxygen atoms in total. The van der Waals surface area contributed by atoms with Crippen molar-refractivity contribution in [2.75, 3.05) is 13.6 Å². The van der Waals surface area contributed by atoms with Crippen LogP contribution in [0.25, 0.3) is 0 Å². The monoisotopic (exact) mass is 420 g/mol. The van der Waals surface area contributed by atoms with Crippen LogP contribution in [0.4, 0.5) is 0 Å². The molecule has 0 aromatic heterocycles. The second-order valence-electron chi connectivity index (χ2n) is 8.38. The van der Waals surface area contributed by atoms with Gasteiger partial charge in [-0.25, -0.2) is 0 Å². The summed E-state index contributed by atoms with van der Waals surface area (Å²) in [4.78, 5) is 2.52. The van der Waals surface area contributed by atoms with Gasteiger partial charge in [-0.2, -0.15) is 0 Å². The Morgan fingerprint density at radius 3 is 1.41 bits per heavy atom. The van der Waals surface area contributed by atoms with Crippen molar-refractivity contribution < 1.29 is 0 Å². The lowest BCUT2D eigenvalue weighted by molar-refractivity contribution is 0.247. The zero-order valence-electron chi connectivity index (χ0n) is 18.8. The highest BCUT2D eigenvalue weighted by Crippen LogP contribution is 2.25. The zero-order chi connectivity index (χ0) is 22.0. The Labute approximate surface area is 192 Å². The van der Waals surface area contributed by atoms with Gasteiger partial charge in [0.1, 0.15) is 0 Å². The maximum atomic E-state index is 3.36. The zero-order valence-corrected chi connectivity index (χ0v) is 18.8. The normalized spacial score (nSPS) is 12.1. The molecule has 0 aliphatic rings. The van der Waals surface area contributed by atoms with E-state index >= 15 is 0 Å². The van der Waals surface area contributed by atoms with Gasteiger partial charge < -0.3 is 5.32 Å². The van der Waals surface area contributed by atoms with E-state index in [0.29, 0.717) is 5.92 Å². The van der Waals surface area contributed by atoms with Crippen LogP contribution in [-0.4, -0.2) is 18.5 Å². The lowest BCUT2D eigenvalue weighted by Crippen LogP contribution is -2.22. The minimum absolute atomic E-state index is 0.361. The van der Waals surface area contributed by atoms with Crippen molar-refractivity contribution in [3.05, 3.63) is 143 Å². The molecule has 0 saturated carbocycles. The van der Waals surface area contributed by atoms with Gasteiger partial charge in [0.2, 0.25) is 0 Å². The summed E-state index contributed by atoms with van der Waals surface area (Å²) in [5, 5.41) is 3.36. The third-order valence-electron chi connectivity index (χ3n) is 5.90. The molecule has 0 saturated heterocycles. The first-order valence-corrected chi connectivity index (χ1v) is 11.4. The maximum Gasteiger partial charge on any atom is 0.0240 e. The van der Waals surface area contributed by atoms with E-state index in [1.54, 1.807) is 0 Å². The van der Waals surface area contributed by atoms with Crippen LogP contribution in [0.1, 0.15) is 33.7 Å². The van der Waals surface area contributed by atoms with Gasteiger partial charge in [0.15, 0.2) is 0 Å². The molecule has 4 aromatic rings. The minimum atomic E-state index is 0.361. The molecular formula is C30H32N2. The molecule has 1 atom stereocenters. The van der Waals surface area contributed by atoms with Crippen LogP contribution in [0.5, 0.6) is 0 Å². The third kappa shape index (κ3) is 6.16. The molecule has 2 heteroatoms. The first kappa shape index (κ1) is 22.0. The Balaban J connectivity index is 1.51. The standard InChI is InChI=1S/C30H32N2/c1-31-21-30(28-15-9-4-10-16-28)29-19-17-27(18-20-29)24-32(22-25-11-5-2-6-12-25)23-26-13-7-3-8-14-26/h2-20,30-31H,21-24H2,1H3/t30-/m0/s1. The summed E-state index contributed by atoms with van der Waals surface area (Å²) < 4.78 is 0. The van der Waals surface area contributed by atoms with Crippen LogP contribution in [0.15, 0.2) is 115 Å². The Morgan fingerprint density at radius 2 is 0.938 bits per heavy atom. The fraction of sp³-hybridized carbons (Fsp3) is 0.200. The summed E-state index contributed by atoms with van der Waals surface area (Å²) in [6.45, 7) is 3.72. The molecular weight excluding hydrogens is 388 g/mol. The van der Waals surface area contributed by atoms with Gasteiger partial charge in [-0.1, -0.05) is 115 Å². The molecule has 0 fully saturated rings. The molecule has 0 amide bonds. The highest BCUT2D eigenvalue weighted by molar-refractivity contribution is 5.34. The van der Waals surface area contributed by atoms with Crippen molar-refractivity contribution >= 4 is 0 Å². The number of nitrogens with zero attached hydrogens (tertiary/aromatic N) is 1. The van der Waals surface area contributed by atoms with Crippen LogP contribution in [0.3, 0.4) is 0 Å². The number of hydrogen-bond donors (Lipinski definition) is 1. The highest BCUT2D eigenvalue weighted by Gasteiger charge is 2.14. The largest absolute Gasteiger partial charge is 0.319 e. The van der Waals surface area contributed by atoms with Crippen molar-refractivity contribution in [1.29, 1.82) is 0 Å². The SMILES string of the molecule is CNC[C@@H](c1ccccc1)c1ccc(CN(Cc2ccccc2)Cc2ccccc2)cc1. The van der Waals surface area contributed by atoms with E-state index in [1.807, 2.05) is 7.05 Å². The van der Waals surface area contributed by atoms with Gasteiger partial charge in [-0.15, -0.1) is 0 Å². The van der Waals surface area contributed by atoms with Gasteiger partial charge in [0.25, 0.3) is 0 Å². The first-order chi connectivity index (χ1) is 15.8. The van der Waals surface area contributed by atoms with Gasteiger partial charge in [-0.3, -0.25) is 4.90 Å². The average Bonchev–Trinajstić information content (AvgIpc) is 2.85. The maximum absolute atomic E-state index is 3.36. The van der Waals surface area contributed by atoms with Crippen molar-refractivity contribution in [2.24, 2.45) is 0 Å². The van der Waals surface area contributed by atoms with E-state index in [0.717, 1.165) is 26.2 Å². The Kier molecular flexibility index (Phi) is 7.86. The first-order valence-electron chi connectivity index (χ1n) is 11.4. The predicted molar refractivity (Wildman–Crippen MR) is 134 cm³/mol. The molecule has 0 heterocycles. The summed E-state index contributed by atoms with van der Waals surface area (Å²) in [6.07, 6.45) is 0. The van der Waals surface area contributed by atoms with Gasteiger partial charge in [0, 0.05) is 32.1 Å². The van der Waals surface area contributed by atoms with Gasteiger partial charge >= 0.3 is 0 Å². The quantitative estimate of drug-likeness (QED) is 0.327. The molecule has 4 aromatic carbocycles. The van der Waals surface area contributed by atoms with Crippen LogP contribution in [-0.2, 0) is 19.6 Å². The molecule has 0 spiro atoms. The topological polar surface area (TPSA) is 15.3 Å². The highest BCUT2D eigenvalue weighted by atomic mass is 15.1. The second kappa shape index (κ2) is 11.4. The molecule has 0 aliphatic carbocycles. The average molecular weight is 421 g/mol. The minimum Gasteiger partial charge on any atom is -0.319 e. The Morgan fingerprint density at radius 1 is 0.531 bits per heavy atom. The number of nitrogens with one attached hydrogen (secondary N) is 1. The number of hydrogen-bond acceptors (Lipinski definition) is 2. The van der Waals surface area contributed by atoms with E-state index in [2.05, 4.69) is 125 Å². The third-order valence-corrected chi connectivity index (χ3v) is 5.90. The molecule has 1 N–H and O–H groups in total. The Hall–Kier alpha value is -3.20. The summed E-state index contributed by atoms with van der Waals surface area (Å²) >= 11 is 0. The lowest BCUT2D eigenvalue weighted by atomic mass is 9.90. The van der Waals surface area contributed by atoms with Crippen molar-refractivity contribution in [2.45, 2.75) is 25.6 Å². The van der Waals surface area contributed by atoms with Crippen LogP contribution >= 0.6 is 0 Å². The lowest BCUT2D eigenvalue weighted by Gasteiger charge is -2.23. The fourth-order valence-corrected chi connectivity index (χ4v) is 4.28. The molecule has 0 radical (unpaired) electrons. The van der Waals surface area contributed by atoms with Crippen LogP contribution < -0.4 is 5.32 Å². The number of likely N-dealkylation sites (N-methyl/N-ethyl adjacent to an activating group) is 1. The number of benzene rings is 4.